The fraction of sp³-hybridized carbons (Fsp3) is 0.286. The van der Waals surface area contributed by atoms with E-state index < -0.39 is 5.82 Å². The number of rotatable bonds is 3. The van der Waals surface area contributed by atoms with Gasteiger partial charge in [0.25, 0.3) is 5.95 Å². The number of ether oxygens (including phenoxy) is 1. The van der Waals surface area contributed by atoms with E-state index in [0.29, 0.717) is 18.8 Å². The van der Waals surface area contributed by atoms with E-state index in [0.717, 1.165) is 25.0 Å². The second-order valence-electron chi connectivity index (χ2n) is 4.63. The Morgan fingerprint density at radius 1 is 1.24 bits per heavy atom. The van der Waals surface area contributed by atoms with Gasteiger partial charge < -0.3 is 9.64 Å². The number of aromatic nitrogens is 2. The van der Waals surface area contributed by atoms with Gasteiger partial charge in [-0.15, -0.1) is 4.48 Å². The van der Waals surface area contributed by atoms with Crippen LogP contribution in [0.4, 0.5) is 20.5 Å². The van der Waals surface area contributed by atoms with Crippen LogP contribution in [0.5, 0.6) is 0 Å². The van der Waals surface area contributed by atoms with Crippen molar-refractivity contribution in [3.63, 3.8) is 0 Å². The predicted octanol–water partition coefficient (Wildman–Crippen LogP) is 2.42. The molecule has 5 nitrogen and oxygen atoms in total. The molecule has 0 radical (unpaired) electrons. The first-order valence-electron chi connectivity index (χ1n) is 6.60. The maximum absolute atomic E-state index is 13.9. The Morgan fingerprint density at radius 2 is 2.05 bits per heavy atom. The van der Waals surface area contributed by atoms with Crippen LogP contribution < -0.4 is 10.4 Å². The van der Waals surface area contributed by atoms with Crippen LogP contribution in [0.25, 0.3) is 11.3 Å². The van der Waals surface area contributed by atoms with E-state index in [-0.39, 0.29) is 11.6 Å². The molecule has 3 rings (SSSR count). The highest BCUT2D eigenvalue weighted by atomic mass is 19.2. The Balaban J connectivity index is 1.95. The Bertz CT molecular complexity index is 632. The molecule has 0 bridgehead atoms. The molecule has 1 fully saturated rings. The van der Waals surface area contributed by atoms with Gasteiger partial charge >= 0.3 is 0 Å². The van der Waals surface area contributed by atoms with E-state index in [2.05, 4.69) is 14.9 Å². The molecule has 1 saturated heterocycles. The van der Waals surface area contributed by atoms with Crippen molar-refractivity contribution in [2.75, 3.05) is 36.7 Å². The predicted molar refractivity (Wildman–Crippen MR) is 75.2 cm³/mol. The normalized spacial score (nSPS) is 15.0. The van der Waals surface area contributed by atoms with E-state index in [1.165, 1.54) is 5.54 Å². The van der Waals surface area contributed by atoms with Crippen molar-refractivity contribution in [2.45, 2.75) is 0 Å². The number of benzene rings is 1. The van der Waals surface area contributed by atoms with Crippen LogP contribution in [0.2, 0.25) is 0 Å². The Morgan fingerprint density at radius 3 is 2.81 bits per heavy atom. The van der Waals surface area contributed by atoms with E-state index in [1.54, 1.807) is 6.07 Å². The summed E-state index contributed by atoms with van der Waals surface area (Å²) in [4.78, 5) is 9.48. The Kier molecular flexibility index (Phi) is 3.92. The molecular weight excluding hydrogens is 278 g/mol. The van der Waals surface area contributed by atoms with Crippen LogP contribution in [0.3, 0.4) is 0 Å². The summed E-state index contributed by atoms with van der Waals surface area (Å²) in [6.07, 6.45) is 0.950. The van der Waals surface area contributed by atoms with E-state index >= 15 is 0 Å². The van der Waals surface area contributed by atoms with Gasteiger partial charge in [0.05, 0.1) is 19.4 Å². The number of nitrogens with one attached hydrogen (secondary N) is 1. The zero-order valence-electron chi connectivity index (χ0n) is 11.2. The number of halogens is 2. The molecule has 0 spiro atoms. The van der Waals surface area contributed by atoms with Gasteiger partial charge in [-0.25, -0.2) is 14.4 Å². The summed E-state index contributed by atoms with van der Waals surface area (Å²) in [7, 11) is 0. The van der Waals surface area contributed by atoms with Gasteiger partial charge in [-0.2, -0.15) is 5.54 Å². The number of hydrogen-bond acceptors (Lipinski definition) is 5. The van der Waals surface area contributed by atoms with Gasteiger partial charge in [0.2, 0.25) is 0 Å². The van der Waals surface area contributed by atoms with Crippen LogP contribution >= 0.6 is 0 Å². The molecule has 2 heterocycles. The molecule has 1 aliphatic rings. The van der Waals surface area contributed by atoms with Crippen LogP contribution in [0.15, 0.2) is 30.5 Å². The molecule has 0 unspecified atom stereocenters. The van der Waals surface area contributed by atoms with Crippen LogP contribution in [0.1, 0.15) is 0 Å². The van der Waals surface area contributed by atoms with Gasteiger partial charge in [0.15, 0.2) is 5.82 Å². The van der Waals surface area contributed by atoms with Gasteiger partial charge in [-0.3, -0.25) is 0 Å². The zero-order valence-corrected chi connectivity index (χ0v) is 11.2. The number of anilines is 2. The lowest BCUT2D eigenvalue weighted by Gasteiger charge is -2.29. The van der Waals surface area contributed by atoms with Crippen LogP contribution in [-0.4, -0.2) is 36.3 Å². The molecule has 1 aliphatic heterocycles. The summed E-state index contributed by atoms with van der Waals surface area (Å²) in [6, 6.07) is 7.34. The Hall–Kier alpha value is -2.28. The SMILES string of the molecule is FNc1ncc(F)c(-c2cccc(N3CCOCC3)c2)n1. The van der Waals surface area contributed by atoms with Crippen LogP contribution in [0, 0.1) is 5.82 Å². The summed E-state index contributed by atoms with van der Waals surface area (Å²) in [5.74, 6) is -0.851. The molecule has 0 amide bonds. The standard InChI is InChI=1S/C14H14F2N4O/c15-12-9-17-14(19-16)18-13(12)10-2-1-3-11(8-10)20-4-6-21-7-5-20/h1-3,8-9H,4-7H2,(H,17,18,19). The molecule has 2 aromatic rings. The number of nitrogens with zero attached hydrogens (tertiary/aromatic N) is 3. The van der Waals surface area contributed by atoms with Crippen LogP contribution in [-0.2, 0) is 4.74 Å². The van der Waals surface area contributed by atoms with Crippen molar-refractivity contribution in [3.05, 3.63) is 36.3 Å². The first kappa shape index (κ1) is 13.7. The molecule has 1 aromatic heterocycles. The smallest absolute Gasteiger partial charge is 0.252 e. The number of hydrogen-bond donors (Lipinski definition) is 1. The van der Waals surface area contributed by atoms with Gasteiger partial charge in [-0.1, -0.05) is 12.1 Å². The van der Waals surface area contributed by atoms with Gasteiger partial charge in [0, 0.05) is 24.3 Å². The fourth-order valence-electron chi connectivity index (χ4n) is 2.29. The largest absolute Gasteiger partial charge is 0.378 e. The molecule has 110 valence electrons. The third kappa shape index (κ3) is 2.92. The minimum absolute atomic E-state index is 0.0697. The number of morpholine rings is 1. The monoisotopic (exact) mass is 292 g/mol. The van der Waals surface area contributed by atoms with Crippen molar-refractivity contribution in [1.29, 1.82) is 0 Å². The maximum atomic E-state index is 13.9. The first-order chi connectivity index (χ1) is 10.3. The van der Waals surface area contributed by atoms with Gasteiger partial charge in [-0.05, 0) is 12.1 Å². The third-order valence-corrected chi connectivity index (χ3v) is 3.32. The molecule has 0 aliphatic carbocycles. The lowest BCUT2D eigenvalue weighted by atomic mass is 10.1. The minimum atomic E-state index is -0.590. The summed E-state index contributed by atoms with van der Waals surface area (Å²) in [5, 5.41) is 0. The average Bonchev–Trinajstić information content (AvgIpc) is 2.56. The quantitative estimate of drug-likeness (QED) is 0.880. The molecular formula is C14H14F2N4O. The molecule has 1 N–H and O–H groups in total. The summed E-state index contributed by atoms with van der Waals surface area (Å²) >= 11 is 0. The zero-order chi connectivity index (χ0) is 14.7. The minimum Gasteiger partial charge on any atom is -0.378 e. The van der Waals surface area contributed by atoms with E-state index in [4.69, 9.17) is 4.74 Å². The highest BCUT2D eigenvalue weighted by Crippen LogP contribution is 2.26. The molecule has 7 heteroatoms. The summed E-state index contributed by atoms with van der Waals surface area (Å²) in [5.41, 5.74) is 2.94. The first-order valence-corrected chi connectivity index (χ1v) is 6.60. The molecule has 0 atom stereocenters. The Labute approximate surface area is 120 Å². The highest BCUT2D eigenvalue weighted by Gasteiger charge is 2.14. The maximum Gasteiger partial charge on any atom is 0.252 e. The van der Waals surface area contributed by atoms with Crippen molar-refractivity contribution in [2.24, 2.45) is 0 Å². The van der Waals surface area contributed by atoms with E-state index in [1.807, 2.05) is 18.2 Å². The van der Waals surface area contributed by atoms with E-state index in [9.17, 15) is 8.87 Å². The highest BCUT2D eigenvalue weighted by molar-refractivity contribution is 5.66. The van der Waals surface area contributed by atoms with Gasteiger partial charge in [0.1, 0.15) is 5.69 Å². The lowest BCUT2D eigenvalue weighted by Crippen LogP contribution is -2.36. The molecule has 1 aromatic carbocycles. The van der Waals surface area contributed by atoms with Crippen molar-refractivity contribution < 1.29 is 13.6 Å². The van der Waals surface area contributed by atoms with Crippen molar-refractivity contribution in [1.82, 2.24) is 9.97 Å². The second kappa shape index (κ2) is 6.01. The topological polar surface area (TPSA) is 50.3 Å². The molecule has 0 saturated carbocycles. The molecule has 21 heavy (non-hydrogen) atoms. The summed E-state index contributed by atoms with van der Waals surface area (Å²) in [6.45, 7) is 2.91. The second-order valence-corrected chi connectivity index (χ2v) is 4.63. The van der Waals surface area contributed by atoms with Crippen molar-refractivity contribution in [3.8, 4) is 11.3 Å². The van der Waals surface area contributed by atoms with Crippen molar-refractivity contribution >= 4 is 11.6 Å². The summed E-state index contributed by atoms with van der Waals surface area (Å²) < 4.78 is 31.6. The third-order valence-electron chi connectivity index (χ3n) is 3.32. The average molecular weight is 292 g/mol. The fourth-order valence-corrected chi connectivity index (χ4v) is 2.29. The lowest BCUT2D eigenvalue weighted by molar-refractivity contribution is 0.122.